The highest BCUT2D eigenvalue weighted by molar-refractivity contribution is 6.07. The molecule has 182 valence electrons. The fourth-order valence-electron chi connectivity index (χ4n) is 6.75. The molecular weight excluding hydrogens is 436 g/mol. The summed E-state index contributed by atoms with van der Waals surface area (Å²) < 4.78 is 1.92. The first kappa shape index (κ1) is 22.4. The second kappa shape index (κ2) is 8.52. The van der Waals surface area contributed by atoms with Crippen LogP contribution in [-0.4, -0.2) is 53.5 Å². The maximum absolute atomic E-state index is 13.1. The van der Waals surface area contributed by atoms with E-state index in [4.69, 9.17) is 0 Å². The van der Waals surface area contributed by atoms with Gasteiger partial charge in [-0.25, -0.2) is 4.79 Å². The Morgan fingerprint density at radius 1 is 1.09 bits per heavy atom. The number of aryl methyl sites for hydroxylation is 1. The number of para-hydroxylation sites is 1. The van der Waals surface area contributed by atoms with Crippen LogP contribution in [0.2, 0.25) is 0 Å². The molecule has 2 aromatic carbocycles. The Bertz CT molecular complexity index is 1320. The number of hydrogen-bond acceptors (Lipinski definition) is 3. The molecule has 1 aromatic heterocycles. The van der Waals surface area contributed by atoms with Crippen LogP contribution in [0, 0.1) is 0 Å². The standard InChI is InChI=1S/C29H34N4O2/c1-31(2)28(35)33-24-13-4-3-11-21(24)22-14-18-32(19-25(22)33)17-6-5-15-29-16-8-10-20-9-7-12-23(26(20)29)30-27(29)34/h3-4,7,9,11-13H,5-6,8,10,14-19H2,1-2H3,(H,30,34)/t29-/m1/s1. The lowest BCUT2D eigenvalue weighted by molar-refractivity contribution is -0.121. The van der Waals surface area contributed by atoms with Gasteiger partial charge >= 0.3 is 6.03 Å². The summed E-state index contributed by atoms with van der Waals surface area (Å²) in [6.45, 7) is 2.79. The van der Waals surface area contributed by atoms with E-state index < -0.39 is 0 Å². The zero-order valence-electron chi connectivity index (χ0n) is 20.8. The number of carbonyl (C=O) groups excluding carboxylic acids is 2. The van der Waals surface area contributed by atoms with Gasteiger partial charge in [0.1, 0.15) is 0 Å². The molecule has 2 amide bonds. The molecule has 0 spiro atoms. The Balaban J connectivity index is 1.16. The molecule has 1 atom stereocenters. The van der Waals surface area contributed by atoms with Crippen LogP contribution in [0.3, 0.4) is 0 Å². The molecule has 35 heavy (non-hydrogen) atoms. The van der Waals surface area contributed by atoms with Crippen LogP contribution in [0.4, 0.5) is 10.5 Å². The van der Waals surface area contributed by atoms with Gasteiger partial charge in [-0.1, -0.05) is 36.8 Å². The van der Waals surface area contributed by atoms with Crippen LogP contribution in [0.5, 0.6) is 0 Å². The van der Waals surface area contributed by atoms with E-state index in [1.807, 2.05) is 24.7 Å². The molecule has 0 fully saturated rings. The summed E-state index contributed by atoms with van der Waals surface area (Å²) in [6, 6.07) is 14.6. The van der Waals surface area contributed by atoms with Gasteiger partial charge in [0.05, 0.1) is 10.9 Å². The van der Waals surface area contributed by atoms with E-state index >= 15 is 0 Å². The van der Waals surface area contributed by atoms with E-state index in [9.17, 15) is 9.59 Å². The molecule has 1 N–H and O–H groups in total. The normalized spacial score (nSPS) is 21.0. The second-order valence-electron chi connectivity index (χ2n) is 10.7. The fourth-order valence-corrected chi connectivity index (χ4v) is 6.75. The van der Waals surface area contributed by atoms with E-state index in [0.717, 1.165) is 81.5 Å². The maximum Gasteiger partial charge on any atom is 0.328 e. The lowest BCUT2D eigenvalue weighted by Gasteiger charge is -2.33. The van der Waals surface area contributed by atoms with Gasteiger partial charge in [-0.15, -0.1) is 0 Å². The molecule has 1 aliphatic carbocycles. The highest BCUT2D eigenvalue weighted by Crippen LogP contribution is 2.49. The van der Waals surface area contributed by atoms with E-state index in [0.29, 0.717) is 0 Å². The molecule has 2 aliphatic heterocycles. The highest BCUT2D eigenvalue weighted by atomic mass is 16.2. The van der Waals surface area contributed by atoms with Gasteiger partial charge in [-0.05, 0) is 73.9 Å². The summed E-state index contributed by atoms with van der Waals surface area (Å²) in [4.78, 5) is 30.3. The predicted molar refractivity (Wildman–Crippen MR) is 139 cm³/mol. The van der Waals surface area contributed by atoms with Gasteiger partial charge in [0.25, 0.3) is 0 Å². The Morgan fingerprint density at radius 3 is 2.80 bits per heavy atom. The summed E-state index contributed by atoms with van der Waals surface area (Å²) in [6.07, 6.45) is 7.10. The van der Waals surface area contributed by atoms with Gasteiger partial charge in [-0.2, -0.15) is 0 Å². The van der Waals surface area contributed by atoms with Crippen molar-refractivity contribution < 1.29 is 9.59 Å². The number of amides is 2. The Hall–Kier alpha value is -3.12. The van der Waals surface area contributed by atoms with Crippen molar-refractivity contribution in [3.05, 3.63) is 64.8 Å². The molecule has 6 nitrogen and oxygen atoms in total. The van der Waals surface area contributed by atoms with E-state index in [2.05, 4.69) is 46.6 Å². The average Bonchev–Trinajstić information content (AvgIpc) is 3.34. The minimum Gasteiger partial charge on any atom is -0.330 e. The van der Waals surface area contributed by atoms with Crippen molar-refractivity contribution in [3.63, 3.8) is 0 Å². The number of carbonyl (C=O) groups is 2. The van der Waals surface area contributed by atoms with Crippen LogP contribution in [-0.2, 0) is 29.6 Å². The third kappa shape index (κ3) is 3.49. The lowest BCUT2D eigenvalue weighted by Crippen LogP contribution is -2.38. The lowest BCUT2D eigenvalue weighted by atomic mass is 9.68. The minimum atomic E-state index is -0.330. The first-order valence-electron chi connectivity index (χ1n) is 13.0. The van der Waals surface area contributed by atoms with Crippen molar-refractivity contribution in [1.82, 2.24) is 14.4 Å². The van der Waals surface area contributed by atoms with E-state index in [-0.39, 0.29) is 17.4 Å². The van der Waals surface area contributed by atoms with Gasteiger partial charge in [0.2, 0.25) is 5.91 Å². The van der Waals surface area contributed by atoms with Crippen LogP contribution in [0.25, 0.3) is 10.9 Å². The predicted octanol–water partition coefficient (Wildman–Crippen LogP) is 4.93. The number of benzene rings is 2. The number of nitrogens with one attached hydrogen (secondary N) is 1. The summed E-state index contributed by atoms with van der Waals surface area (Å²) in [5.41, 5.74) is 6.81. The molecule has 0 radical (unpaired) electrons. The van der Waals surface area contributed by atoms with Crippen molar-refractivity contribution in [3.8, 4) is 0 Å². The Kier molecular flexibility index (Phi) is 5.44. The van der Waals surface area contributed by atoms with Gasteiger partial charge in [0, 0.05) is 44.0 Å². The van der Waals surface area contributed by atoms with E-state index in [1.165, 1.54) is 22.1 Å². The van der Waals surface area contributed by atoms with Crippen molar-refractivity contribution in [2.45, 2.75) is 56.9 Å². The number of fused-ring (bicyclic) bond motifs is 3. The molecule has 0 bridgehead atoms. The monoisotopic (exact) mass is 470 g/mol. The van der Waals surface area contributed by atoms with E-state index in [1.54, 1.807) is 4.90 Å². The molecule has 6 rings (SSSR count). The topological polar surface area (TPSA) is 57.6 Å². The Morgan fingerprint density at radius 2 is 1.94 bits per heavy atom. The third-order valence-corrected chi connectivity index (χ3v) is 8.40. The molecule has 6 heteroatoms. The van der Waals surface area contributed by atoms with Crippen molar-refractivity contribution in [2.75, 3.05) is 32.5 Å². The van der Waals surface area contributed by atoms with Crippen LogP contribution < -0.4 is 5.32 Å². The number of anilines is 1. The van der Waals surface area contributed by atoms with Gasteiger partial charge < -0.3 is 10.2 Å². The fraction of sp³-hybridized carbons (Fsp3) is 0.448. The summed E-state index contributed by atoms with van der Waals surface area (Å²) in [5, 5.41) is 4.38. The van der Waals surface area contributed by atoms with Gasteiger partial charge in [0.15, 0.2) is 0 Å². The zero-order valence-corrected chi connectivity index (χ0v) is 20.8. The minimum absolute atomic E-state index is 0.0161. The summed E-state index contributed by atoms with van der Waals surface area (Å²) >= 11 is 0. The van der Waals surface area contributed by atoms with Crippen LogP contribution >= 0.6 is 0 Å². The number of rotatable bonds is 5. The second-order valence-corrected chi connectivity index (χ2v) is 10.7. The molecule has 0 saturated carbocycles. The number of nitrogens with zero attached hydrogens (tertiary/aromatic N) is 3. The number of hydrogen-bond donors (Lipinski definition) is 1. The summed E-state index contributed by atoms with van der Waals surface area (Å²) in [5.74, 6) is 0.203. The van der Waals surface area contributed by atoms with Crippen LogP contribution in [0.15, 0.2) is 42.5 Å². The first-order chi connectivity index (χ1) is 17.0. The van der Waals surface area contributed by atoms with Crippen molar-refractivity contribution in [2.24, 2.45) is 0 Å². The van der Waals surface area contributed by atoms with Crippen molar-refractivity contribution >= 4 is 28.5 Å². The largest absolute Gasteiger partial charge is 0.330 e. The molecule has 3 aliphatic rings. The number of aromatic nitrogens is 1. The first-order valence-corrected chi connectivity index (χ1v) is 13.0. The quantitative estimate of drug-likeness (QED) is 0.538. The zero-order chi connectivity index (χ0) is 24.2. The highest BCUT2D eigenvalue weighted by Gasteiger charge is 2.48. The molecule has 3 aromatic rings. The smallest absolute Gasteiger partial charge is 0.328 e. The van der Waals surface area contributed by atoms with Crippen molar-refractivity contribution in [1.29, 1.82) is 0 Å². The molecular formula is C29H34N4O2. The SMILES string of the molecule is CN(C)C(=O)n1c2c(c3ccccc31)CCN(CCCC[C@@]13CCCc4cccc(c41)NC3=O)C2. The average molecular weight is 471 g/mol. The molecule has 0 unspecified atom stereocenters. The van der Waals surface area contributed by atoms with Gasteiger partial charge in [-0.3, -0.25) is 14.3 Å². The third-order valence-electron chi connectivity index (χ3n) is 8.40. The summed E-state index contributed by atoms with van der Waals surface area (Å²) in [7, 11) is 3.63. The Labute approximate surface area is 206 Å². The molecule has 3 heterocycles. The maximum atomic E-state index is 13.1. The van der Waals surface area contributed by atoms with Crippen LogP contribution in [0.1, 0.15) is 54.5 Å². The molecule has 0 saturated heterocycles. The number of unbranched alkanes of at least 4 members (excludes halogenated alkanes) is 1.